The fourth-order valence-corrected chi connectivity index (χ4v) is 4.76. The number of rotatable bonds is 4. The van der Waals surface area contributed by atoms with E-state index in [1.807, 2.05) is 44.3 Å². The molecule has 10 heteroatoms. The predicted molar refractivity (Wildman–Crippen MR) is 135 cm³/mol. The van der Waals surface area contributed by atoms with Crippen LogP contribution < -0.4 is 4.90 Å². The van der Waals surface area contributed by atoms with Crippen molar-refractivity contribution in [1.29, 1.82) is 0 Å². The number of pyridine rings is 1. The zero-order valence-electron chi connectivity index (χ0n) is 20.2. The van der Waals surface area contributed by atoms with E-state index < -0.39 is 5.82 Å². The summed E-state index contributed by atoms with van der Waals surface area (Å²) in [6, 6.07) is 9.58. The number of fused-ring (bicyclic) bond motifs is 1. The fourth-order valence-electron chi connectivity index (χ4n) is 4.76. The van der Waals surface area contributed by atoms with Gasteiger partial charge < -0.3 is 14.6 Å². The summed E-state index contributed by atoms with van der Waals surface area (Å²) in [5.74, 6) is 1.27. The number of hydrogen-bond donors (Lipinski definition) is 1. The molecule has 1 atom stereocenters. The molecule has 0 radical (unpaired) electrons. The molecule has 0 saturated carbocycles. The molecule has 1 aliphatic heterocycles. The van der Waals surface area contributed by atoms with E-state index in [0.717, 1.165) is 33.4 Å². The monoisotopic (exact) mass is 484 g/mol. The molecular formula is C26H25FN8O. The zero-order valence-corrected chi connectivity index (χ0v) is 20.2. The number of aromatic nitrogens is 7. The average Bonchev–Trinajstić information content (AvgIpc) is 3.48. The molecule has 1 N–H and O–H groups in total. The van der Waals surface area contributed by atoms with Crippen molar-refractivity contribution < 1.29 is 9.13 Å². The molecule has 9 nitrogen and oxygen atoms in total. The highest BCUT2D eigenvalue weighted by Crippen LogP contribution is 2.32. The molecule has 0 spiro atoms. The Kier molecular flexibility index (Phi) is 5.45. The van der Waals surface area contributed by atoms with Crippen LogP contribution in [0, 0.1) is 19.7 Å². The third-order valence-corrected chi connectivity index (χ3v) is 6.53. The van der Waals surface area contributed by atoms with Crippen LogP contribution in [0.25, 0.3) is 39.4 Å². The van der Waals surface area contributed by atoms with Gasteiger partial charge in [0.1, 0.15) is 5.82 Å². The lowest BCUT2D eigenvalue weighted by Crippen LogP contribution is -2.44. The molecule has 1 aromatic carbocycles. The van der Waals surface area contributed by atoms with Crippen molar-refractivity contribution in [3.63, 3.8) is 0 Å². The average molecular weight is 485 g/mol. The third-order valence-electron chi connectivity index (χ3n) is 6.53. The molecule has 0 aliphatic carbocycles. The van der Waals surface area contributed by atoms with Gasteiger partial charge in [-0.05, 0) is 32.9 Å². The summed E-state index contributed by atoms with van der Waals surface area (Å²) in [7, 11) is 0. The molecule has 1 aliphatic rings. The molecule has 0 amide bonds. The maximum absolute atomic E-state index is 13.9. The summed E-state index contributed by atoms with van der Waals surface area (Å²) in [5.41, 5.74) is 4.76. The predicted octanol–water partition coefficient (Wildman–Crippen LogP) is 4.25. The number of ether oxygens (including phenoxy) is 1. The fraction of sp³-hybridized carbons (Fsp3) is 0.269. The number of halogens is 1. The van der Waals surface area contributed by atoms with Crippen molar-refractivity contribution in [3.05, 3.63) is 66.1 Å². The first kappa shape index (κ1) is 22.3. The van der Waals surface area contributed by atoms with Crippen LogP contribution in [0.5, 0.6) is 0 Å². The quantitative estimate of drug-likeness (QED) is 0.407. The van der Waals surface area contributed by atoms with Crippen molar-refractivity contribution in [1.82, 2.24) is 34.7 Å². The van der Waals surface area contributed by atoms with Crippen LogP contribution in [-0.4, -0.2) is 60.5 Å². The molecule has 5 heterocycles. The van der Waals surface area contributed by atoms with Crippen LogP contribution in [-0.2, 0) is 4.74 Å². The summed E-state index contributed by atoms with van der Waals surface area (Å²) >= 11 is 0. The number of nitrogens with one attached hydrogen (secondary N) is 1. The maximum atomic E-state index is 13.9. The highest BCUT2D eigenvalue weighted by atomic mass is 19.1. The van der Waals surface area contributed by atoms with E-state index >= 15 is 0 Å². The van der Waals surface area contributed by atoms with Crippen LogP contribution in [0.1, 0.15) is 18.3 Å². The van der Waals surface area contributed by atoms with Gasteiger partial charge in [-0.15, -0.1) is 0 Å². The normalized spacial score (nSPS) is 16.1. The second kappa shape index (κ2) is 8.80. The van der Waals surface area contributed by atoms with Gasteiger partial charge in [-0.1, -0.05) is 12.1 Å². The molecular weight excluding hydrogens is 459 g/mol. The Morgan fingerprint density at radius 2 is 1.94 bits per heavy atom. The summed E-state index contributed by atoms with van der Waals surface area (Å²) < 4.78 is 21.2. The highest BCUT2D eigenvalue weighted by molar-refractivity contribution is 5.93. The molecule has 0 unspecified atom stereocenters. The van der Waals surface area contributed by atoms with Gasteiger partial charge in [-0.3, -0.25) is 4.98 Å². The molecule has 1 fully saturated rings. The summed E-state index contributed by atoms with van der Waals surface area (Å²) in [6.07, 6.45) is 4.66. The van der Waals surface area contributed by atoms with Gasteiger partial charge in [-0.25, -0.2) is 14.1 Å². The Morgan fingerprint density at radius 1 is 1.08 bits per heavy atom. The van der Waals surface area contributed by atoms with E-state index in [9.17, 15) is 4.39 Å². The summed E-state index contributed by atoms with van der Waals surface area (Å²) in [6.45, 7) is 7.82. The van der Waals surface area contributed by atoms with E-state index in [1.54, 1.807) is 10.9 Å². The molecule has 5 aromatic rings. The molecule has 182 valence electrons. The molecule has 0 bridgehead atoms. The van der Waals surface area contributed by atoms with E-state index in [4.69, 9.17) is 19.7 Å². The van der Waals surface area contributed by atoms with Crippen LogP contribution >= 0.6 is 0 Å². The number of aromatic amines is 1. The lowest BCUT2D eigenvalue weighted by atomic mass is 10.1. The number of nitrogens with zero attached hydrogens (tertiary/aromatic N) is 7. The van der Waals surface area contributed by atoms with E-state index in [-0.39, 0.29) is 6.04 Å². The molecule has 1 saturated heterocycles. The second-order valence-electron chi connectivity index (χ2n) is 8.96. The van der Waals surface area contributed by atoms with Gasteiger partial charge in [0.25, 0.3) is 0 Å². The Bertz CT molecular complexity index is 1580. The van der Waals surface area contributed by atoms with Crippen LogP contribution in [0.3, 0.4) is 0 Å². The number of H-pyrrole nitrogens is 1. The first-order chi connectivity index (χ1) is 17.5. The van der Waals surface area contributed by atoms with Crippen LogP contribution in [0.15, 0.2) is 48.9 Å². The topological polar surface area (TPSA) is 97.6 Å². The second-order valence-corrected chi connectivity index (χ2v) is 8.96. The Labute approximate surface area is 207 Å². The van der Waals surface area contributed by atoms with Gasteiger partial charge in [0.15, 0.2) is 11.6 Å². The van der Waals surface area contributed by atoms with Gasteiger partial charge in [0, 0.05) is 35.3 Å². The van der Waals surface area contributed by atoms with Gasteiger partial charge in [0.2, 0.25) is 5.95 Å². The Balaban J connectivity index is 1.56. The smallest absolute Gasteiger partial charge is 0.229 e. The van der Waals surface area contributed by atoms with Gasteiger partial charge in [0.05, 0.1) is 54.3 Å². The van der Waals surface area contributed by atoms with Crippen molar-refractivity contribution in [3.8, 4) is 28.5 Å². The first-order valence-corrected chi connectivity index (χ1v) is 11.8. The third kappa shape index (κ3) is 3.79. The first-order valence-electron chi connectivity index (χ1n) is 11.8. The lowest BCUT2D eigenvalue weighted by Gasteiger charge is -2.33. The minimum Gasteiger partial charge on any atom is -0.377 e. The standard InChI is InChI=1S/C26H25FN8O/c1-15-14-36-10-9-34(15)26-31-24(21-5-4-6-22-20(21)7-8-29-22)30-25(32-26)23-16(2)33-35(17(23)3)19-11-18(27)12-28-13-19/h4-8,11-13,15,29H,9-10,14H2,1-3H3/t15-/m1/s1. The number of hydrogen-bond acceptors (Lipinski definition) is 7. The lowest BCUT2D eigenvalue weighted by molar-refractivity contribution is 0.0981. The van der Waals surface area contributed by atoms with Crippen molar-refractivity contribution in [2.45, 2.75) is 26.8 Å². The van der Waals surface area contributed by atoms with Gasteiger partial charge >= 0.3 is 0 Å². The summed E-state index contributed by atoms with van der Waals surface area (Å²) in [5, 5.41) is 5.70. The molecule has 4 aromatic heterocycles. The number of morpholine rings is 1. The molecule has 6 rings (SSSR count). The van der Waals surface area contributed by atoms with Crippen molar-refractivity contribution in [2.24, 2.45) is 0 Å². The number of aryl methyl sites for hydroxylation is 1. The van der Waals surface area contributed by atoms with Crippen molar-refractivity contribution >= 4 is 16.9 Å². The highest BCUT2D eigenvalue weighted by Gasteiger charge is 2.26. The minimum absolute atomic E-state index is 0.119. The molecule has 36 heavy (non-hydrogen) atoms. The Hall–Kier alpha value is -4.18. The minimum atomic E-state index is -0.424. The van der Waals surface area contributed by atoms with E-state index in [1.165, 1.54) is 12.3 Å². The van der Waals surface area contributed by atoms with Crippen LogP contribution in [0.4, 0.5) is 10.3 Å². The zero-order chi connectivity index (χ0) is 24.8. The largest absolute Gasteiger partial charge is 0.377 e. The van der Waals surface area contributed by atoms with E-state index in [0.29, 0.717) is 43.0 Å². The number of anilines is 1. The van der Waals surface area contributed by atoms with E-state index in [2.05, 4.69) is 26.9 Å². The number of benzene rings is 1. The SMILES string of the molecule is Cc1nn(-c2cncc(F)c2)c(C)c1-c1nc(-c2cccc3[nH]ccc23)nc(N2CCOC[C@H]2C)n1. The summed E-state index contributed by atoms with van der Waals surface area (Å²) in [4.78, 5) is 24.2. The van der Waals surface area contributed by atoms with Gasteiger partial charge in [-0.2, -0.15) is 15.1 Å². The van der Waals surface area contributed by atoms with Crippen LogP contribution in [0.2, 0.25) is 0 Å². The maximum Gasteiger partial charge on any atom is 0.229 e. The Morgan fingerprint density at radius 3 is 2.78 bits per heavy atom. The van der Waals surface area contributed by atoms with Crippen molar-refractivity contribution in [2.75, 3.05) is 24.7 Å².